The van der Waals surface area contributed by atoms with E-state index in [0.717, 1.165) is 12.3 Å². The van der Waals surface area contributed by atoms with Gasteiger partial charge < -0.3 is 0 Å². The van der Waals surface area contributed by atoms with Crippen molar-refractivity contribution in [2.24, 2.45) is 0 Å². The van der Waals surface area contributed by atoms with Gasteiger partial charge in [-0.15, -0.1) is 11.3 Å². The second kappa shape index (κ2) is 5.46. The number of benzene rings is 2. The summed E-state index contributed by atoms with van der Waals surface area (Å²) in [5.74, 6) is 0.792. The van der Waals surface area contributed by atoms with Gasteiger partial charge >= 0.3 is 0 Å². The average Bonchev–Trinajstić information content (AvgIpc) is 2.94. The summed E-state index contributed by atoms with van der Waals surface area (Å²) in [6.45, 7) is 2.27. The Morgan fingerprint density at radius 1 is 0.905 bits per heavy atom. The molecule has 0 aliphatic heterocycles. The third kappa shape index (κ3) is 2.19. The van der Waals surface area contributed by atoms with E-state index in [2.05, 4.69) is 43.3 Å². The quantitative estimate of drug-likeness (QED) is 0.495. The molecule has 0 saturated heterocycles. The van der Waals surface area contributed by atoms with Gasteiger partial charge in [0.2, 0.25) is 0 Å². The topological polar surface area (TPSA) is 0 Å². The maximum Gasteiger partial charge on any atom is 0.0390 e. The Balaban J connectivity index is 1.96. The van der Waals surface area contributed by atoms with E-state index >= 15 is 0 Å². The Kier molecular flexibility index (Phi) is 3.46. The van der Waals surface area contributed by atoms with Gasteiger partial charge in [0.15, 0.2) is 0 Å². The minimum Gasteiger partial charge on any atom is -0.135 e. The maximum atomic E-state index is 2.39. The first-order valence-corrected chi connectivity index (χ1v) is 9.13. The monoisotopic (exact) mass is 294 g/mol. The number of thiophene rings is 1. The van der Waals surface area contributed by atoms with Crippen LogP contribution in [0.4, 0.5) is 0 Å². The first-order valence-electron chi connectivity index (χ1n) is 8.31. The van der Waals surface area contributed by atoms with Crippen molar-refractivity contribution >= 4 is 31.5 Å². The van der Waals surface area contributed by atoms with Crippen molar-refractivity contribution in [3.05, 3.63) is 47.5 Å². The summed E-state index contributed by atoms with van der Waals surface area (Å²) in [6.07, 6.45) is 8.14. The van der Waals surface area contributed by atoms with Gasteiger partial charge in [-0.3, -0.25) is 0 Å². The molecule has 108 valence electrons. The van der Waals surface area contributed by atoms with E-state index in [1.807, 2.05) is 11.3 Å². The fourth-order valence-corrected chi connectivity index (χ4v) is 5.39. The van der Waals surface area contributed by atoms with Crippen molar-refractivity contribution in [2.45, 2.75) is 51.4 Å². The molecule has 3 aromatic rings. The molecule has 2 aromatic carbocycles. The van der Waals surface area contributed by atoms with E-state index in [1.165, 1.54) is 53.1 Å². The highest BCUT2D eigenvalue weighted by molar-refractivity contribution is 7.26. The lowest BCUT2D eigenvalue weighted by molar-refractivity contribution is 0.446. The number of fused-ring (bicyclic) bond motifs is 3. The van der Waals surface area contributed by atoms with Crippen LogP contribution in [0.25, 0.3) is 20.2 Å². The van der Waals surface area contributed by atoms with E-state index in [9.17, 15) is 0 Å². The predicted octanol–water partition coefficient (Wildman–Crippen LogP) is 6.66. The summed E-state index contributed by atoms with van der Waals surface area (Å²) >= 11 is 2.03. The number of rotatable bonds is 2. The van der Waals surface area contributed by atoms with Crippen molar-refractivity contribution in [3.63, 3.8) is 0 Å². The molecule has 1 aromatic heterocycles. The molecular formula is C20H22S. The first kappa shape index (κ1) is 13.3. The van der Waals surface area contributed by atoms with Crippen molar-refractivity contribution in [2.75, 3.05) is 0 Å². The van der Waals surface area contributed by atoms with E-state index < -0.39 is 0 Å². The van der Waals surface area contributed by atoms with Gasteiger partial charge in [0.05, 0.1) is 0 Å². The standard InChI is InChI=1S/C20H22S/c1-2-14-10-6-12-17-18-13-7-11-16(20(18)21-19(14)17)15-8-4-3-5-9-15/h6-7,10-13,15H,2-5,8-9H2,1H3. The fourth-order valence-electron chi connectivity index (χ4n) is 3.91. The molecule has 1 fully saturated rings. The third-order valence-electron chi connectivity index (χ3n) is 5.06. The summed E-state index contributed by atoms with van der Waals surface area (Å²) in [7, 11) is 0. The van der Waals surface area contributed by atoms with Crippen LogP contribution in [-0.4, -0.2) is 0 Å². The van der Waals surface area contributed by atoms with Crippen LogP contribution >= 0.6 is 11.3 Å². The molecule has 0 nitrogen and oxygen atoms in total. The van der Waals surface area contributed by atoms with Crippen LogP contribution in [0.2, 0.25) is 0 Å². The molecule has 1 heteroatoms. The van der Waals surface area contributed by atoms with Crippen LogP contribution in [0.3, 0.4) is 0 Å². The third-order valence-corrected chi connectivity index (χ3v) is 6.41. The second-order valence-electron chi connectivity index (χ2n) is 6.31. The molecule has 1 heterocycles. The minimum atomic E-state index is 0.792. The Morgan fingerprint density at radius 3 is 2.38 bits per heavy atom. The fraction of sp³-hybridized carbons (Fsp3) is 0.400. The lowest BCUT2D eigenvalue weighted by Gasteiger charge is -2.22. The van der Waals surface area contributed by atoms with Gasteiger partial charge in [0, 0.05) is 20.2 Å². The van der Waals surface area contributed by atoms with E-state index in [0.29, 0.717) is 0 Å². The Labute approximate surface area is 130 Å². The van der Waals surface area contributed by atoms with Crippen molar-refractivity contribution in [1.82, 2.24) is 0 Å². The van der Waals surface area contributed by atoms with Crippen molar-refractivity contribution in [1.29, 1.82) is 0 Å². The molecule has 0 unspecified atom stereocenters. The SMILES string of the molecule is CCc1cccc2c1sc1c(C3CCCCC3)cccc12. The Bertz CT molecular complexity index is 775. The van der Waals surface area contributed by atoms with Gasteiger partial charge in [0.25, 0.3) is 0 Å². The summed E-state index contributed by atoms with van der Waals surface area (Å²) in [4.78, 5) is 0. The highest BCUT2D eigenvalue weighted by atomic mass is 32.1. The second-order valence-corrected chi connectivity index (χ2v) is 7.33. The molecule has 4 rings (SSSR count). The van der Waals surface area contributed by atoms with Crippen LogP contribution in [-0.2, 0) is 6.42 Å². The van der Waals surface area contributed by atoms with Crippen LogP contribution in [0.15, 0.2) is 36.4 Å². The largest absolute Gasteiger partial charge is 0.135 e. The lowest BCUT2D eigenvalue weighted by atomic mass is 9.83. The van der Waals surface area contributed by atoms with Crippen molar-refractivity contribution in [3.8, 4) is 0 Å². The Morgan fingerprint density at radius 2 is 1.62 bits per heavy atom. The summed E-state index contributed by atoms with van der Waals surface area (Å²) in [5.41, 5.74) is 3.12. The Hall–Kier alpha value is -1.34. The summed E-state index contributed by atoms with van der Waals surface area (Å²) in [5, 5.41) is 2.94. The molecule has 0 spiro atoms. The van der Waals surface area contributed by atoms with Gasteiger partial charge in [0.1, 0.15) is 0 Å². The van der Waals surface area contributed by atoms with E-state index in [1.54, 1.807) is 10.3 Å². The lowest BCUT2D eigenvalue weighted by Crippen LogP contribution is -2.04. The van der Waals surface area contributed by atoms with E-state index in [-0.39, 0.29) is 0 Å². The van der Waals surface area contributed by atoms with Crippen LogP contribution < -0.4 is 0 Å². The summed E-state index contributed by atoms with van der Waals surface area (Å²) < 4.78 is 3.07. The highest BCUT2D eigenvalue weighted by Crippen LogP contribution is 2.43. The van der Waals surface area contributed by atoms with Gasteiger partial charge in [-0.05, 0) is 36.3 Å². The number of aryl methyl sites for hydroxylation is 1. The highest BCUT2D eigenvalue weighted by Gasteiger charge is 2.19. The molecule has 1 aliphatic rings. The van der Waals surface area contributed by atoms with Crippen LogP contribution in [0, 0.1) is 0 Å². The molecule has 0 bridgehead atoms. The molecule has 21 heavy (non-hydrogen) atoms. The molecule has 0 amide bonds. The maximum absolute atomic E-state index is 2.39. The zero-order valence-corrected chi connectivity index (χ0v) is 13.5. The zero-order valence-electron chi connectivity index (χ0n) is 12.7. The molecular weight excluding hydrogens is 272 g/mol. The van der Waals surface area contributed by atoms with Gasteiger partial charge in [-0.25, -0.2) is 0 Å². The first-order chi connectivity index (χ1) is 10.4. The van der Waals surface area contributed by atoms with Crippen LogP contribution in [0.5, 0.6) is 0 Å². The van der Waals surface area contributed by atoms with Crippen molar-refractivity contribution < 1.29 is 0 Å². The molecule has 1 aliphatic carbocycles. The average molecular weight is 294 g/mol. The number of hydrogen-bond donors (Lipinski definition) is 0. The van der Waals surface area contributed by atoms with Gasteiger partial charge in [-0.2, -0.15) is 0 Å². The normalized spacial score (nSPS) is 16.8. The molecule has 0 radical (unpaired) electrons. The summed E-state index contributed by atoms with van der Waals surface area (Å²) in [6, 6.07) is 13.8. The van der Waals surface area contributed by atoms with Crippen LogP contribution in [0.1, 0.15) is 56.1 Å². The molecule has 0 N–H and O–H groups in total. The van der Waals surface area contributed by atoms with Gasteiger partial charge in [-0.1, -0.05) is 62.6 Å². The smallest absolute Gasteiger partial charge is 0.0390 e. The molecule has 1 saturated carbocycles. The zero-order chi connectivity index (χ0) is 14.2. The van der Waals surface area contributed by atoms with E-state index in [4.69, 9.17) is 0 Å². The minimum absolute atomic E-state index is 0.792. The molecule has 0 atom stereocenters. The number of hydrogen-bond acceptors (Lipinski definition) is 1. The predicted molar refractivity (Wildman–Crippen MR) is 94.5 cm³/mol.